The molecule has 0 aliphatic rings. The summed E-state index contributed by atoms with van der Waals surface area (Å²) in [6.07, 6.45) is 5.54. The van der Waals surface area contributed by atoms with Crippen LogP contribution in [0.2, 0.25) is 0 Å². The Kier molecular flexibility index (Phi) is 3.68. The first-order valence-corrected chi connectivity index (χ1v) is 5.97. The lowest BCUT2D eigenvalue weighted by molar-refractivity contribution is 0.0129. The largest absolute Gasteiger partial charge is 0.438 e. The molecule has 1 unspecified atom stereocenters. The normalized spacial score (nSPS) is 13.1. The first kappa shape index (κ1) is 12.9. The van der Waals surface area contributed by atoms with Crippen molar-refractivity contribution in [1.82, 2.24) is 0 Å². The molecule has 1 atom stereocenters. The molecule has 0 fully saturated rings. The van der Waals surface area contributed by atoms with Gasteiger partial charge in [-0.15, -0.1) is 6.42 Å². The molecule has 0 N–H and O–H groups in total. The van der Waals surface area contributed by atoms with E-state index in [1.54, 1.807) is 31.2 Å². The molecule has 0 saturated carbocycles. The van der Waals surface area contributed by atoms with Crippen molar-refractivity contribution in [1.29, 1.82) is 0 Å². The average molecular weight is 250 g/mol. The molecule has 0 radical (unpaired) electrons. The maximum atomic E-state index is 12.1. The van der Waals surface area contributed by atoms with Gasteiger partial charge in [-0.3, -0.25) is 0 Å². The molecule has 0 aliphatic heterocycles. The molecule has 0 aromatic heterocycles. The second-order valence-electron chi connectivity index (χ2n) is 4.30. The van der Waals surface area contributed by atoms with Gasteiger partial charge in [-0.2, -0.15) is 0 Å². The highest BCUT2D eigenvalue weighted by molar-refractivity contribution is 5.89. The van der Waals surface area contributed by atoms with Crippen molar-refractivity contribution in [3.8, 4) is 12.3 Å². The second kappa shape index (κ2) is 5.41. The minimum absolute atomic E-state index is 0.426. The third-order valence-corrected chi connectivity index (χ3v) is 2.91. The highest BCUT2D eigenvalue weighted by atomic mass is 16.6. The summed E-state index contributed by atoms with van der Waals surface area (Å²) < 4.78 is 5.48. The Balaban J connectivity index is 2.26. The minimum atomic E-state index is -1.06. The van der Waals surface area contributed by atoms with E-state index in [4.69, 9.17) is 11.2 Å². The fourth-order valence-electron chi connectivity index (χ4n) is 1.75. The van der Waals surface area contributed by atoms with Crippen molar-refractivity contribution in [3.63, 3.8) is 0 Å². The van der Waals surface area contributed by atoms with Crippen LogP contribution >= 0.6 is 0 Å². The summed E-state index contributed by atoms with van der Waals surface area (Å²) >= 11 is 0. The quantitative estimate of drug-likeness (QED) is 0.616. The summed E-state index contributed by atoms with van der Waals surface area (Å²) in [6.45, 7) is 1.71. The summed E-state index contributed by atoms with van der Waals surface area (Å²) in [5, 5.41) is 0. The summed E-state index contributed by atoms with van der Waals surface area (Å²) in [5.41, 5.74) is 0.204. The fraction of sp³-hybridized carbons (Fsp3) is 0.118. The van der Waals surface area contributed by atoms with Gasteiger partial charge in [-0.1, -0.05) is 54.5 Å². The van der Waals surface area contributed by atoms with Crippen LogP contribution in [0, 0.1) is 12.3 Å². The van der Waals surface area contributed by atoms with Crippen LogP contribution in [0.1, 0.15) is 22.8 Å². The van der Waals surface area contributed by atoms with Crippen molar-refractivity contribution in [3.05, 3.63) is 71.8 Å². The Labute approximate surface area is 113 Å². The maximum absolute atomic E-state index is 12.1. The van der Waals surface area contributed by atoms with E-state index < -0.39 is 11.6 Å². The zero-order chi connectivity index (χ0) is 13.7. The van der Waals surface area contributed by atoms with E-state index in [1.807, 2.05) is 36.4 Å². The van der Waals surface area contributed by atoms with Gasteiger partial charge in [0, 0.05) is 5.56 Å². The third kappa shape index (κ3) is 2.83. The molecule has 2 nitrogen and oxygen atoms in total. The smallest absolute Gasteiger partial charge is 0.339 e. The molecule has 0 heterocycles. The molecule has 2 rings (SSSR count). The molecule has 0 aliphatic carbocycles. The van der Waals surface area contributed by atoms with E-state index in [0.717, 1.165) is 5.56 Å². The van der Waals surface area contributed by atoms with E-state index in [-0.39, 0.29) is 0 Å². The highest BCUT2D eigenvalue weighted by Crippen LogP contribution is 2.25. The maximum Gasteiger partial charge on any atom is 0.339 e. The number of carbonyl (C=O) groups is 1. The number of esters is 1. The third-order valence-electron chi connectivity index (χ3n) is 2.91. The summed E-state index contributed by atoms with van der Waals surface area (Å²) in [6, 6.07) is 18.1. The molecule has 2 aromatic carbocycles. The predicted octanol–water partition coefficient (Wildman–Crippen LogP) is 3.39. The van der Waals surface area contributed by atoms with Crippen molar-refractivity contribution >= 4 is 5.97 Å². The molecule has 0 amide bonds. The molecule has 0 spiro atoms. The number of terminal acetylenes is 1. The van der Waals surface area contributed by atoms with Crippen molar-refractivity contribution in [2.24, 2.45) is 0 Å². The van der Waals surface area contributed by atoms with Gasteiger partial charge in [0.1, 0.15) is 0 Å². The van der Waals surface area contributed by atoms with Gasteiger partial charge >= 0.3 is 5.97 Å². The van der Waals surface area contributed by atoms with E-state index in [2.05, 4.69) is 5.92 Å². The number of rotatable bonds is 3. The van der Waals surface area contributed by atoms with Crippen LogP contribution in [0.15, 0.2) is 60.7 Å². The standard InChI is InChI=1S/C17H14O2/c1-3-17(2,15-12-8-5-9-13-15)19-16(18)14-10-6-4-7-11-14/h1,4-13H,2H3. The summed E-state index contributed by atoms with van der Waals surface area (Å²) in [5.74, 6) is 2.13. The van der Waals surface area contributed by atoms with E-state index in [0.29, 0.717) is 5.56 Å². The topological polar surface area (TPSA) is 26.3 Å². The van der Waals surface area contributed by atoms with Gasteiger partial charge in [0.2, 0.25) is 0 Å². The van der Waals surface area contributed by atoms with Gasteiger partial charge in [-0.25, -0.2) is 4.79 Å². The number of hydrogen-bond donors (Lipinski definition) is 0. The van der Waals surface area contributed by atoms with Gasteiger partial charge < -0.3 is 4.74 Å². The summed E-state index contributed by atoms with van der Waals surface area (Å²) in [4.78, 5) is 12.1. The Bertz CT molecular complexity index is 596. The van der Waals surface area contributed by atoms with Crippen LogP contribution in [0.3, 0.4) is 0 Å². The number of carbonyl (C=O) groups excluding carboxylic acids is 1. The summed E-state index contributed by atoms with van der Waals surface area (Å²) in [7, 11) is 0. The SMILES string of the molecule is C#CC(C)(OC(=O)c1ccccc1)c1ccccc1. The zero-order valence-electron chi connectivity index (χ0n) is 10.7. The van der Waals surface area contributed by atoms with Gasteiger partial charge in [-0.05, 0) is 19.1 Å². The molecule has 0 bridgehead atoms. The highest BCUT2D eigenvalue weighted by Gasteiger charge is 2.28. The van der Waals surface area contributed by atoms with Crippen LogP contribution in [0.25, 0.3) is 0 Å². The van der Waals surface area contributed by atoms with E-state index >= 15 is 0 Å². The molecule has 2 aromatic rings. The van der Waals surface area contributed by atoms with E-state index in [9.17, 15) is 4.79 Å². The molecular weight excluding hydrogens is 236 g/mol. The van der Waals surface area contributed by atoms with Crippen molar-refractivity contribution in [2.45, 2.75) is 12.5 Å². The fourth-order valence-corrected chi connectivity index (χ4v) is 1.75. The molecule has 19 heavy (non-hydrogen) atoms. The van der Waals surface area contributed by atoms with Crippen LogP contribution in [-0.2, 0) is 10.3 Å². The van der Waals surface area contributed by atoms with E-state index in [1.165, 1.54) is 0 Å². The number of benzene rings is 2. The van der Waals surface area contributed by atoms with Crippen molar-refractivity contribution in [2.75, 3.05) is 0 Å². The number of hydrogen-bond acceptors (Lipinski definition) is 2. The Morgan fingerprint density at radius 2 is 1.58 bits per heavy atom. The van der Waals surface area contributed by atoms with Crippen LogP contribution < -0.4 is 0 Å². The second-order valence-corrected chi connectivity index (χ2v) is 4.30. The monoisotopic (exact) mass is 250 g/mol. The molecule has 94 valence electrons. The lowest BCUT2D eigenvalue weighted by Gasteiger charge is -2.24. The first-order chi connectivity index (χ1) is 9.15. The Morgan fingerprint density at radius 1 is 1.05 bits per heavy atom. The lowest BCUT2D eigenvalue weighted by atomic mass is 9.96. The minimum Gasteiger partial charge on any atom is -0.438 e. The van der Waals surface area contributed by atoms with Crippen LogP contribution in [-0.4, -0.2) is 5.97 Å². The number of ether oxygens (including phenoxy) is 1. The van der Waals surface area contributed by atoms with Gasteiger partial charge in [0.15, 0.2) is 5.60 Å². The molecule has 0 saturated heterocycles. The Morgan fingerprint density at radius 3 is 2.11 bits per heavy atom. The Hall–Kier alpha value is -2.53. The first-order valence-electron chi connectivity index (χ1n) is 5.97. The molecule has 2 heteroatoms. The molecular formula is C17H14O2. The van der Waals surface area contributed by atoms with Gasteiger partial charge in [0.25, 0.3) is 0 Å². The van der Waals surface area contributed by atoms with Crippen molar-refractivity contribution < 1.29 is 9.53 Å². The zero-order valence-corrected chi connectivity index (χ0v) is 10.7. The van der Waals surface area contributed by atoms with Crippen LogP contribution in [0.4, 0.5) is 0 Å². The van der Waals surface area contributed by atoms with Crippen LogP contribution in [0.5, 0.6) is 0 Å². The lowest BCUT2D eigenvalue weighted by Crippen LogP contribution is -2.27. The average Bonchev–Trinajstić information content (AvgIpc) is 2.49. The predicted molar refractivity (Wildman–Crippen MR) is 74.5 cm³/mol. The van der Waals surface area contributed by atoms with Gasteiger partial charge in [0.05, 0.1) is 5.56 Å².